The fourth-order valence-corrected chi connectivity index (χ4v) is 3.94. The van der Waals surface area contributed by atoms with Gasteiger partial charge in [0.2, 0.25) is 11.8 Å². The van der Waals surface area contributed by atoms with Crippen LogP contribution < -0.4 is 10.6 Å². The van der Waals surface area contributed by atoms with Gasteiger partial charge < -0.3 is 19.9 Å². The van der Waals surface area contributed by atoms with E-state index in [0.717, 1.165) is 49.0 Å². The molecule has 0 saturated heterocycles. The quantitative estimate of drug-likeness (QED) is 0.600. The molecule has 0 aliphatic heterocycles. The Bertz CT molecular complexity index is 811. The van der Waals surface area contributed by atoms with Crippen molar-refractivity contribution >= 4 is 22.8 Å². The van der Waals surface area contributed by atoms with Crippen LogP contribution in [0.2, 0.25) is 0 Å². The highest BCUT2D eigenvalue weighted by atomic mass is 16.5. The molecular weight excluding hydrogens is 368 g/mol. The lowest BCUT2D eigenvalue weighted by atomic mass is 9.89. The van der Waals surface area contributed by atoms with E-state index in [9.17, 15) is 9.59 Å². The Balaban J connectivity index is 1.60. The lowest BCUT2D eigenvalue weighted by Crippen LogP contribution is -2.34. The number of nitrogens with zero attached hydrogens (tertiary/aromatic N) is 2. The van der Waals surface area contributed by atoms with E-state index in [4.69, 9.17) is 9.72 Å². The summed E-state index contributed by atoms with van der Waals surface area (Å²) in [5, 5.41) is 6.00. The second-order valence-electron chi connectivity index (χ2n) is 7.68. The molecule has 7 nitrogen and oxygen atoms in total. The van der Waals surface area contributed by atoms with Gasteiger partial charge in [-0.15, -0.1) is 0 Å². The molecule has 158 valence electrons. The van der Waals surface area contributed by atoms with Crippen LogP contribution >= 0.6 is 0 Å². The maximum Gasteiger partial charge on any atom is 0.240 e. The molecule has 0 atom stereocenters. The van der Waals surface area contributed by atoms with Crippen molar-refractivity contribution in [2.45, 2.75) is 51.5 Å². The fourth-order valence-electron chi connectivity index (χ4n) is 3.94. The number of hydrogen-bond donors (Lipinski definition) is 2. The Kier molecular flexibility index (Phi) is 8.04. The zero-order chi connectivity index (χ0) is 20.5. The Morgan fingerprint density at radius 3 is 2.72 bits per heavy atom. The number of imidazole rings is 1. The molecule has 0 radical (unpaired) electrons. The first kappa shape index (κ1) is 21.3. The van der Waals surface area contributed by atoms with Gasteiger partial charge in [0.15, 0.2) is 0 Å². The Morgan fingerprint density at radius 1 is 1.14 bits per heavy atom. The predicted octanol–water partition coefficient (Wildman–Crippen LogP) is 2.43. The molecule has 2 aromatic rings. The molecule has 1 aliphatic carbocycles. The molecule has 1 aromatic heterocycles. The first-order valence-corrected chi connectivity index (χ1v) is 10.7. The molecule has 1 heterocycles. The van der Waals surface area contributed by atoms with E-state index in [1.54, 1.807) is 7.11 Å². The lowest BCUT2D eigenvalue weighted by Gasteiger charge is -2.20. The van der Waals surface area contributed by atoms with Gasteiger partial charge in [-0.25, -0.2) is 4.98 Å². The van der Waals surface area contributed by atoms with Gasteiger partial charge in [-0.1, -0.05) is 31.4 Å². The van der Waals surface area contributed by atoms with Gasteiger partial charge in [0, 0.05) is 39.1 Å². The minimum Gasteiger partial charge on any atom is -0.385 e. The summed E-state index contributed by atoms with van der Waals surface area (Å²) in [6, 6.07) is 7.82. The highest BCUT2D eigenvalue weighted by Crippen LogP contribution is 2.23. The summed E-state index contributed by atoms with van der Waals surface area (Å²) in [4.78, 5) is 29.5. The molecule has 1 aromatic carbocycles. The van der Waals surface area contributed by atoms with Crippen LogP contribution in [-0.2, 0) is 27.3 Å². The van der Waals surface area contributed by atoms with Gasteiger partial charge in [-0.2, -0.15) is 0 Å². The summed E-state index contributed by atoms with van der Waals surface area (Å²) >= 11 is 0. The number of rotatable bonds is 10. The van der Waals surface area contributed by atoms with Crippen molar-refractivity contribution in [2.24, 2.45) is 5.92 Å². The van der Waals surface area contributed by atoms with E-state index >= 15 is 0 Å². The van der Waals surface area contributed by atoms with Crippen LogP contribution in [-0.4, -0.2) is 48.2 Å². The number of methoxy groups -OCH3 is 1. The second-order valence-corrected chi connectivity index (χ2v) is 7.68. The van der Waals surface area contributed by atoms with Crippen LogP contribution in [0.25, 0.3) is 11.0 Å². The molecule has 1 saturated carbocycles. The van der Waals surface area contributed by atoms with Crippen LogP contribution in [0, 0.1) is 5.92 Å². The van der Waals surface area contributed by atoms with E-state index in [2.05, 4.69) is 10.6 Å². The van der Waals surface area contributed by atoms with Gasteiger partial charge in [0.25, 0.3) is 0 Å². The molecular formula is C22H32N4O3. The summed E-state index contributed by atoms with van der Waals surface area (Å²) in [5.41, 5.74) is 1.81. The van der Waals surface area contributed by atoms with Crippen molar-refractivity contribution in [2.75, 3.05) is 26.8 Å². The van der Waals surface area contributed by atoms with Crippen LogP contribution in [0.3, 0.4) is 0 Å². The van der Waals surface area contributed by atoms with E-state index < -0.39 is 0 Å². The average molecular weight is 401 g/mol. The standard InChI is InChI=1S/C22H32N4O3/c1-29-15-7-13-23-21(27)16-26-19-11-6-5-10-18(19)25-20(26)12-14-24-22(28)17-8-3-2-4-9-17/h5-6,10-11,17H,2-4,7-9,12-16H2,1H3,(H,23,27)(H,24,28). The molecule has 1 aliphatic rings. The normalized spacial score (nSPS) is 14.8. The Labute approximate surface area is 172 Å². The van der Waals surface area contributed by atoms with Crippen LogP contribution in [0.1, 0.15) is 44.3 Å². The van der Waals surface area contributed by atoms with Crippen molar-refractivity contribution in [1.82, 2.24) is 20.2 Å². The topological polar surface area (TPSA) is 85.2 Å². The zero-order valence-corrected chi connectivity index (χ0v) is 17.3. The monoisotopic (exact) mass is 400 g/mol. The molecule has 2 amide bonds. The molecule has 3 rings (SSSR count). The van der Waals surface area contributed by atoms with E-state index in [0.29, 0.717) is 26.1 Å². The van der Waals surface area contributed by atoms with Crippen molar-refractivity contribution in [3.63, 3.8) is 0 Å². The first-order chi connectivity index (χ1) is 14.2. The third-order valence-electron chi connectivity index (χ3n) is 5.51. The van der Waals surface area contributed by atoms with Crippen LogP contribution in [0.4, 0.5) is 0 Å². The van der Waals surface area contributed by atoms with Gasteiger partial charge in [-0.05, 0) is 31.4 Å². The molecule has 29 heavy (non-hydrogen) atoms. The van der Waals surface area contributed by atoms with Gasteiger partial charge in [0.1, 0.15) is 12.4 Å². The molecule has 0 bridgehead atoms. The summed E-state index contributed by atoms with van der Waals surface area (Å²) < 4.78 is 6.96. The Hall–Kier alpha value is -2.41. The molecule has 7 heteroatoms. The smallest absolute Gasteiger partial charge is 0.240 e. The maximum atomic E-state index is 12.4. The van der Waals surface area contributed by atoms with Crippen molar-refractivity contribution in [3.8, 4) is 0 Å². The fraction of sp³-hybridized carbons (Fsp3) is 0.591. The van der Waals surface area contributed by atoms with Crippen LogP contribution in [0.5, 0.6) is 0 Å². The van der Waals surface area contributed by atoms with Crippen molar-refractivity contribution in [3.05, 3.63) is 30.1 Å². The summed E-state index contributed by atoms with van der Waals surface area (Å²) in [5.74, 6) is 1.09. The molecule has 0 spiro atoms. The van der Waals surface area contributed by atoms with Crippen molar-refractivity contribution < 1.29 is 14.3 Å². The Morgan fingerprint density at radius 2 is 1.93 bits per heavy atom. The number of carbonyl (C=O) groups excluding carboxylic acids is 2. The minimum atomic E-state index is -0.0447. The SMILES string of the molecule is COCCCNC(=O)Cn1c(CCNC(=O)C2CCCCC2)nc2ccccc21. The van der Waals surface area contributed by atoms with E-state index in [1.807, 2.05) is 28.8 Å². The largest absolute Gasteiger partial charge is 0.385 e. The molecule has 0 unspecified atom stereocenters. The summed E-state index contributed by atoms with van der Waals surface area (Å²) in [6.07, 6.45) is 6.90. The number of ether oxygens (including phenoxy) is 1. The first-order valence-electron chi connectivity index (χ1n) is 10.7. The summed E-state index contributed by atoms with van der Waals surface area (Å²) in [6.45, 7) is 1.97. The summed E-state index contributed by atoms with van der Waals surface area (Å²) in [7, 11) is 1.65. The van der Waals surface area contributed by atoms with Crippen molar-refractivity contribution in [1.29, 1.82) is 0 Å². The molecule has 1 fully saturated rings. The number of hydrogen-bond acceptors (Lipinski definition) is 4. The number of amides is 2. The average Bonchev–Trinajstić information content (AvgIpc) is 3.09. The van der Waals surface area contributed by atoms with Crippen LogP contribution in [0.15, 0.2) is 24.3 Å². The number of aromatic nitrogens is 2. The maximum absolute atomic E-state index is 12.4. The number of nitrogens with one attached hydrogen (secondary N) is 2. The van der Waals surface area contributed by atoms with Gasteiger partial charge in [0.05, 0.1) is 11.0 Å². The third-order valence-corrected chi connectivity index (χ3v) is 5.51. The van der Waals surface area contributed by atoms with E-state index in [1.165, 1.54) is 6.42 Å². The number of benzene rings is 1. The second kappa shape index (κ2) is 11.0. The lowest BCUT2D eigenvalue weighted by molar-refractivity contribution is -0.126. The highest BCUT2D eigenvalue weighted by molar-refractivity contribution is 5.81. The number of carbonyl (C=O) groups is 2. The number of para-hydroxylation sites is 2. The highest BCUT2D eigenvalue weighted by Gasteiger charge is 2.21. The van der Waals surface area contributed by atoms with Gasteiger partial charge >= 0.3 is 0 Å². The third kappa shape index (κ3) is 6.03. The minimum absolute atomic E-state index is 0.0447. The molecule has 2 N–H and O–H groups in total. The zero-order valence-electron chi connectivity index (χ0n) is 17.3. The van der Waals surface area contributed by atoms with Gasteiger partial charge in [-0.3, -0.25) is 9.59 Å². The number of fused-ring (bicyclic) bond motifs is 1. The predicted molar refractivity (Wildman–Crippen MR) is 113 cm³/mol. The van der Waals surface area contributed by atoms with E-state index in [-0.39, 0.29) is 24.3 Å².